The molecular formula is C14H28N2O4. The average molecular weight is 288 g/mol. The van der Waals surface area contributed by atoms with Gasteiger partial charge in [0.05, 0.1) is 7.11 Å². The van der Waals surface area contributed by atoms with E-state index >= 15 is 0 Å². The molecule has 0 spiro atoms. The molecule has 6 nitrogen and oxygen atoms in total. The van der Waals surface area contributed by atoms with Crippen molar-refractivity contribution in [1.82, 2.24) is 5.32 Å². The number of carbonyl (C=O) groups is 2. The minimum Gasteiger partial charge on any atom is -0.467 e. The summed E-state index contributed by atoms with van der Waals surface area (Å²) in [7, 11) is 1.27. The van der Waals surface area contributed by atoms with Gasteiger partial charge in [0.2, 0.25) is 0 Å². The van der Waals surface area contributed by atoms with Gasteiger partial charge in [-0.05, 0) is 24.7 Å². The summed E-state index contributed by atoms with van der Waals surface area (Å²) in [6, 6.07) is -1.40. The second kappa shape index (κ2) is 8.92. The zero-order valence-corrected chi connectivity index (χ0v) is 13.1. The Labute approximate surface area is 121 Å². The van der Waals surface area contributed by atoms with Gasteiger partial charge >= 0.3 is 5.97 Å². The standard InChI is InChI=1S/C14H28N2O4/c1-8(2)6-10(15)12(17)13(18)16-11(7-9(3)4)14(19)20-5/h8-12,17H,6-7,15H2,1-5H3,(H,16,18)/t10-,11+,12+/m1/s1. The molecule has 0 rings (SSSR count). The van der Waals surface area contributed by atoms with E-state index in [1.54, 1.807) is 0 Å². The van der Waals surface area contributed by atoms with Gasteiger partial charge in [0.15, 0.2) is 0 Å². The van der Waals surface area contributed by atoms with Crippen molar-refractivity contribution in [3.05, 3.63) is 0 Å². The highest BCUT2D eigenvalue weighted by Crippen LogP contribution is 2.09. The molecule has 3 atom stereocenters. The number of rotatable bonds is 8. The van der Waals surface area contributed by atoms with Crippen LogP contribution in [0, 0.1) is 11.8 Å². The summed E-state index contributed by atoms with van der Waals surface area (Å²) in [5.74, 6) is -0.661. The Balaban J connectivity index is 4.61. The lowest BCUT2D eigenvalue weighted by Crippen LogP contribution is -2.52. The predicted octanol–water partition coefficient (Wildman–Crippen LogP) is 0.425. The number of nitrogens with two attached hydrogens (primary N) is 1. The van der Waals surface area contributed by atoms with Gasteiger partial charge in [0, 0.05) is 6.04 Å². The third-order valence-electron chi connectivity index (χ3n) is 2.93. The molecule has 4 N–H and O–H groups in total. The van der Waals surface area contributed by atoms with Crippen LogP contribution in [-0.4, -0.2) is 42.3 Å². The van der Waals surface area contributed by atoms with Crippen LogP contribution < -0.4 is 11.1 Å². The van der Waals surface area contributed by atoms with E-state index in [4.69, 9.17) is 5.73 Å². The Bertz CT molecular complexity index is 318. The first-order valence-corrected chi connectivity index (χ1v) is 7.00. The zero-order chi connectivity index (χ0) is 15.9. The second-order valence-electron chi connectivity index (χ2n) is 5.95. The predicted molar refractivity (Wildman–Crippen MR) is 76.8 cm³/mol. The maximum atomic E-state index is 11.9. The van der Waals surface area contributed by atoms with Crippen LogP contribution >= 0.6 is 0 Å². The largest absolute Gasteiger partial charge is 0.467 e. The molecule has 0 aromatic heterocycles. The molecule has 0 fully saturated rings. The second-order valence-corrected chi connectivity index (χ2v) is 5.95. The Kier molecular flexibility index (Phi) is 8.41. The van der Waals surface area contributed by atoms with Crippen LogP contribution in [0.2, 0.25) is 0 Å². The lowest BCUT2D eigenvalue weighted by atomic mass is 9.98. The third kappa shape index (κ3) is 6.86. The monoisotopic (exact) mass is 288 g/mol. The SMILES string of the molecule is COC(=O)[C@H](CC(C)C)NC(=O)[C@@H](O)[C@H](N)CC(C)C. The Hall–Kier alpha value is -1.14. The van der Waals surface area contributed by atoms with E-state index in [0.29, 0.717) is 12.8 Å². The summed E-state index contributed by atoms with van der Waals surface area (Å²) in [5.41, 5.74) is 5.78. The number of amides is 1. The number of carbonyl (C=O) groups excluding carboxylic acids is 2. The number of methoxy groups -OCH3 is 1. The molecule has 0 aromatic rings. The van der Waals surface area contributed by atoms with Crippen LogP contribution in [0.5, 0.6) is 0 Å². The number of hydrogen-bond donors (Lipinski definition) is 3. The molecule has 0 saturated carbocycles. The fourth-order valence-corrected chi connectivity index (χ4v) is 1.95. The minimum atomic E-state index is -1.32. The van der Waals surface area contributed by atoms with Gasteiger partial charge in [-0.25, -0.2) is 4.79 Å². The van der Waals surface area contributed by atoms with Gasteiger partial charge in [-0.2, -0.15) is 0 Å². The highest BCUT2D eigenvalue weighted by atomic mass is 16.5. The molecule has 20 heavy (non-hydrogen) atoms. The molecule has 0 saturated heterocycles. The molecule has 0 heterocycles. The fraction of sp³-hybridized carbons (Fsp3) is 0.857. The van der Waals surface area contributed by atoms with E-state index in [9.17, 15) is 14.7 Å². The van der Waals surface area contributed by atoms with Crippen LogP contribution in [0.15, 0.2) is 0 Å². The molecule has 0 aromatic carbocycles. The smallest absolute Gasteiger partial charge is 0.328 e. The van der Waals surface area contributed by atoms with E-state index in [1.165, 1.54) is 7.11 Å². The molecule has 0 aliphatic carbocycles. The summed E-state index contributed by atoms with van der Waals surface area (Å²) >= 11 is 0. The number of ether oxygens (including phenoxy) is 1. The minimum absolute atomic E-state index is 0.209. The van der Waals surface area contributed by atoms with Crippen molar-refractivity contribution in [1.29, 1.82) is 0 Å². The number of esters is 1. The van der Waals surface area contributed by atoms with Gasteiger partial charge < -0.3 is 20.9 Å². The van der Waals surface area contributed by atoms with Crippen LogP contribution in [-0.2, 0) is 14.3 Å². The van der Waals surface area contributed by atoms with Crippen molar-refractivity contribution in [2.45, 2.75) is 58.7 Å². The van der Waals surface area contributed by atoms with Crippen molar-refractivity contribution in [2.24, 2.45) is 17.6 Å². The number of aliphatic hydroxyl groups excluding tert-OH is 1. The van der Waals surface area contributed by atoms with Crippen LogP contribution in [0.4, 0.5) is 0 Å². The molecule has 0 aliphatic rings. The maximum Gasteiger partial charge on any atom is 0.328 e. The Morgan fingerprint density at radius 1 is 1.15 bits per heavy atom. The molecule has 6 heteroatoms. The van der Waals surface area contributed by atoms with E-state index in [0.717, 1.165) is 0 Å². The van der Waals surface area contributed by atoms with Gasteiger partial charge in [-0.15, -0.1) is 0 Å². The van der Waals surface area contributed by atoms with E-state index in [1.807, 2.05) is 27.7 Å². The number of hydrogen-bond acceptors (Lipinski definition) is 5. The van der Waals surface area contributed by atoms with E-state index < -0.39 is 30.1 Å². The lowest BCUT2D eigenvalue weighted by molar-refractivity contribution is -0.147. The molecule has 0 bridgehead atoms. The zero-order valence-electron chi connectivity index (χ0n) is 13.1. The number of nitrogens with one attached hydrogen (secondary N) is 1. The quantitative estimate of drug-likeness (QED) is 0.562. The summed E-state index contributed by atoms with van der Waals surface area (Å²) in [6.07, 6.45) is -0.344. The van der Waals surface area contributed by atoms with E-state index in [-0.39, 0.29) is 11.8 Å². The lowest BCUT2D eigenvalue weighted by Gasteiger charge is -2.23. The Morgan fingerprint density at radius 2 is 1.65 bits per heavy atom. The Morgan fingerprint density at radius 3 is 2.05 bits per heavy atom. The normalized spacial score (nSPS) is 15.8. The van der Waals surface area contributed by atoms with Gasteiger partial charge in [0.1, 0.15) is 12.1 Å². The molecule has 0 radical (unpaired) electrons. The molecule has 1 amide bonds. The van der Waals surface area contributed by atoms with Crippen LogP contribution in [0.25, 0.3) is 0 Å². The molecule has 118 valence electrons. The summed E-state index contributed by atoms with van der Waals surface area (Å²) in [4.78, 5) is 23.5. The van der Waals surface area contributed by atoms with Crippen molar-refractivity contribution in [3.63, 3.8) is 0 Å². The third-order valence-corrected chi connectivity index (χ3v) is 2.93. The van der Waals surface area contributed by atoms with Gasteiger partial charge in [0.25, 0.3) is 5.91 Å². The number of aliphatic hydroxyl groups is 1. The fourth-order valence-electron chi connectivity index (χ4n) is 1.95. The average Bonchev–Trinajstić information content (AvgIpc) is 2.34. The molecule has 0 unspecified atom stereocenters. The first-order valence-electron chi connectivity index (χ1n) is 7.00. The highest BCUT2D eigenvalue weighted by Gasteiger charge is 2.29. The van der Waals surface area contributed by atoms with Gasteiger partial charge in [-0.3, -0.25) is 4.79 Å². The van der Waals surface area contributed by atoms with Crippen molar-refractivity contribution in [2.75, 3.05) is 7.11 Å². The highest BCUT2D eigenvalue weighted by molar-refractivity contribution is 5.87. The first kappa shape index (κ1) is 18.9. The summed E-state index contributed by atoms with van der Waals surface area (Å²) < 4.78 is 4.65. The first-order chi connectivity index (χ1) is 9.18. The van der Waals surface area contributed by atoms with Gasteiger partial charge in [-0.1, -0.05) is 27.7 Å². The topological polar surface area (TPSA) is 102 Å². The summed E-state index contributed by atoms with van der Waals surface area (Å²) in [5, 5.41) is 12.4. The van der Waals surface area contributed by atoms with Crippen molar-refractivity contribution >= 4 is 11.9 Å². The molecule has 0 aliphatic heterocycles. The van der Waals surface area contributed by atoms with Crippen molar-refractivity contribution in [3.8, 4) is 0 Å². The van der Waals surface area contributed by atoms with Crippen LogP contribution in [0.3, 0.4) is 0 Å². The van der Waals surface area contributed by atoms with Crippen LogP contribution in [0.1, 0.15) is 40.5 Å². The van der Waals surface area contributed by atoms with E-state index in [2.05, 4.69) is 10.1 Å². The molecular weight excluding hydrogens is 260 g/mol. The maximum absolute atomic E-state index is 11.9. The van der Waals surface area contributed by atoms with Crippen molar-refractivity contribution < 1.29 is 19.4 Å². The summed E-state index contributed by atoms with van der Waals surface area (Å²) in [6.45, 7) is 7.78.